The zero-order valence-electron chi connectivity index (χ0n) is 8.71. The summed E-state index contributed by atoms with van der Waals surface area (Å²) in [5.41, 5.74) is 5.79. The molecule has 1 unspecified atom stereocenters. The summed E-state index contributed by atoms with van der Waals surface area (Å²) in [6.45, 7) is 0.646. The highest BCUT2D eigenvalue weighted by Gasteiger charge is 2.20. The lowest BCUT2D eigenvalue weighted by atomic mass is 10.2. The highest BCUT2D eigenvalue weighted by Crippen LogP contribution is 2.27. The van der Waals surface area contributed by atoms with Crippen LogP contribution in [0.3, 0.4) is 0 Å². The molecule has 15 heavy (non-hydrogen) atoms. The summed E-state index contributed by atoms with van der Waals surface area (Å²) in [5, 5.41) is 6.41. The van der Waals surface area contributed by atoms with Crippen LogP contribution in [0.2, 0.25) is 5.02 Å². The Hall–Kier alpha value is -0.0900. The zero-order chi connectivity index (χ0) is 10.7. The van der Waals surface area contributed by atoms with Gasteiger partial charge < -0.3 is 11.1 Å². The Kier molecular flexibility index (Phi) is 4.03. The van der Waals surface area contributed by atoms with Crippen molar-refractivity contribution in [2.45, 2.75) is 37.8 Å². The van der Waals surface area contributed by atoms with E-state index in [0.29, 0.717) is 12.6 Å². The average Bonchev–Trinajstić information content (AvgIpc) is 2.85. The van der Waals surface area contributed by atoms with E-state index in [-0.39, 0.29) is 6.04 Å². The fourth-order valence-electron chi connectivity index (χ4n) is 2.15. The highest BCUT2D eigenvalue weighted by atomic mass is 35.5. The molecule has 1 heterocycles. The number of thiophene rings is 1. The van der Waals surface area contributed by atoms with E-state index >= 15 is 0 Å². The van der Waals surface area contributed by atoms with Crippen LogP contribution < -0.4 is 11.1 Å². The van der Waals surface area contributed by atoms with Crippen molar-refractivity contribution in [3.8, 4) is 0 Å². The quantitative estimate of drug-likeness (QED) is 0.855. The van der Waals surface area contributed by atoms with Crippen molar-refractivity contribution in [1.29, 1.82) is 0 Å². The van der Waals surface area contributed by atoms with E-state index in [0.717, 1.165) is 5.02 Å². The average molecular weight is 245 g/mol. The number of nitrogens with one attached hydrogen (secondary N) is 1. The molecule has 0 amide bonds. The van der Waals surface area contributed by atoms with E-state index in [9.17, 15) is 0 Å². The van der Waals surface area contributed by atoms with Gasteiger partial charge in [0.1, 0.15) is 0 Å². The maximum atomic E-state index is 5.92. The van der Waals surface area contributed by atoms with E-state index in [4.69, 9.17) is 17.3 Å². The molecule has 0 aliphatic heterocycles. The predicted molar refractivity (Wildman–Crippen MR) is 66.5 cm³/mol. The molecule has 4 heteroatoms. The van der Waals surface area contributed by atoms with Gasteiger partial charge in [-0.3, -0.25) is 0 Å². The molecule has 0 spiro atoms. The van der Waals surface area contributed by atoms with Crippen molar-refractivity contribution < 1.29 is 0 Å². The first-order chi connectivity index (χ1) is 7.29. The number of hydrogen-bond acceptors (Lipinski definition) is 3. The summed E-state index contributed by atoms with van der Waals surface area (Å²) >= 11 is 7.61. The van der Waals surface area contributed by atoms with Crippen molar-refractivity contribution in [3.05, 3.63) is 21.3 Å². The molecule has 0 aromatic carbocycles. The highest BCUT2D eigenvalue weighted by molar-refractivity contribution is 7.10. The third kappa shape index (κ3) is 2.94. The third-order valence-corrected chi connectivity index (χ3v) is 4.35. The Balaban J connectivity index is 1.97. The van der Waals surface area contributed by atoms with E-state index in [1.165, 1.54) is 30.6 Å². The van der Waals surface area contributed by atoms with Crippen molar-refractivity contribution >= 4 is 22.9 Å². The number of nitrogens with two attached hydrogens (primary N) is 1. The second-order valence-electron chi connectivity index (χ2n) is 4.10. The minimum absolute atomic E-state index is 0.283. The van der Waals surface area contributed by atoms with Crippen molar-refractivity contribution in [1.82, 2.24) is 5.32 Å². The molecule has 1 aromatic rings. The molecule has 2 rings (SSSR count). The predicted octanol–water partition coefficient (Wildman–Crippen LogP) is 2.93. The molecule has 1 aliphatic carbocycles. The second-order valence-corrected chi connectivity index (χ2v) is 5.48. The van der Waals surface area contributed by atoms with Crippen molar-refractivity contribution in [2.75, 3.05) is 6.54 Å². The summed E-state index contributed by atoms with van der Waals surface area (Å²) in [6.07, 6.45) is 5.27. The maximum Gasteiger partial charge on any atom is 0.0541 e. The van der Waals surface area contributed by atoms with E-state index in [1.807, 2.05) is 11.4 Å². The first-order valence-electron chi connectivity index (χ1n) is 5.49. The van der Waals surface area contributed by atoms with Crippen LogP contribution in [0.15, 0.2) is 11.4 Å². The van der Waals surface area contributed by atoms with E-state index < -0.39 is 0 Å². The summed E-state index contributed by atoms with van der Waals surface area (Å²) in [4.78, 5) is 1.26. The molecule has 1 atom stereocenters. The summed E-state index contributed by atoms with van der Waals surface area (Å²) in [7, 11) is 0. The fourth-order valence-corrected chi connectivity index (χ4v) is 3.31. The van der Waals surface area contributed by atoms with Gasteiger partial charge in [-0.05, 0) is 18.9 Å². The van der Waals surface area contributed by atoms with Gasteiger partial charge in [-0.25, -0.2) is 0 Å². The molecule has 1 saturated carbocycles. The number of hydrogen-bond donors (Lipinski definition) is 2. The smallest absolute Gasteiger partial charge is 0.0541 e. The molecular weight excluding hydrogens is 228 g/mol. The van der Waals surface area contributed by atoms with Gasteiger partial charge in [0.15, 0.2) is 0 Å². The van der Waals surface area contributed by atoms with E-state index in [1.54, 1.807) is 11.3 Å². The second kappa shape index (κ2) is 5.30. The minimum atomic E-state index is 0.283. The van der Waals surface area contributed by atoms with Crippen LogP contribution in [-0.4, -0.2) is 12.6 Å². The first-order valence-corrected chi connectivity index (χ1v) is 6.75. The number of rotatable bonds is 4. The van der Waals surface area contributed by atoms with Gasteiger partial charge in [0.05, 0.1) is 11.1 Å². The third-order valence-electron chi connectivity index (χ3n) is 2.96. The lowest BCUT2D eigenvalue weighted by Gasteiger charge is -2.20. The van der Waals surface area contributed by atoms with Crippen LogP contribution in [0.25, 0.3) is 0 Å². The van der Waals surface area contributed by atoms with Gasteiger partial charge in [-0.2, -0.15) is 0 Å². The Morgan fingerprint density at radius 3 is 2.80 bits per heavy atom. The molecule has 1 aromatic heterocycles. The summed E-state index contributed by atoms with van der Waals surface area (Å²) in [5.74, 6) is 0. The molecule has 0 saturated heterocycles. The van der Waals surface area contributed by atoms with Gasteiger partial charge in [0, 0.05) is 22.8 Å². The van der Waals surface area contributed by atoms with Crippen LogP contribution in [0.5, 0.6) is 0 Å². The van der Waals surface area contributed by atoms with Gasteiger partial charge in [-0.1, -0.05) is 24.4 Å². The Bertz CT molecular complexity index is 307. The Morgan fingerprint density at radius 2 is 2.27 bits per heavy atom. The molecule has 0 radical (unpaired) electrons. The Morgan fingerprint density at radius 1 is 1.53 bits per heavy atom. The Labute approximate surface area is 99.8 Å². The molecular formula is C11H17ClN2S. The maximum absolute atomic E-state index is 5.92. The molecule has 2 nitrogen and oxygen atoms in total. The fraction of sp³-hybridized carbons (Fsp3) is 0.636. The monoisotopic (exact) mass is 244 g/mol. The van der Waals surface area contributed by atoms with Crippen molar-refractivity contribution in [3.63, 3.8) is 0 Å². The van der Waals surface area contributed by atoms with Crippen molar-refractivity contribution in [2.24, 2.45) is 5.73 Å². The normalized spacial score (nSPS) is 19.6. The zero-order valence-corrected chi connectivity index (χ0v) is 10.3. The molecule has 1 aliphatic rings. The summed E-state index contributed by atoms with van der Waals surface area (Å²) in [6, 6.07) is 2.95. The minimum Gasteiger partial charge on any atom is -0.329 e. The van der Waals surface area contributed by atoms with E-state index in [2.05, 4.69) is 5.32 Å². The van der Waals surface area contributed by atoms with Gasteiger partial charge in [0.2, 0.25) is 0 Å². The van der Waals surface area contributed by atoms with Crippen LogP contribution in [-0.2, 0) is 0 Å². The van der Waals surface area contributed by atoms with Crippen LogP contribution >= 0.6 is 22.9 Å². The molecule has 3 N–H and O–H groups in total. The van der Waals surface area contributed by atoms with Gasteiger partial charge in [0.25, 0.3) is 0 Å². The van der Waals surface area contributed by atoms with Crippen LogP contribution in [0.1, 0.15) is 36.6 Å². The van der Waals surface area contributed by atoms with Gasteiger partial charge in [-0.15, -0.1) is 11.3 Å². The molecule has 1 fully saturated rings. The largest absolute Gasteiger partial charge is 0.329 e. The summed E-state index contributed by atoms with van der Waals surface area (Å²) < 4.78 is 0. The standard InChI is InChI=1S/C11H17ClN2S/c12-8-5-11(15-7-8)10(6-13)14-9-3-1-2-4-9/h5,7,9-10,14H,1-4,6,13H2. The molecule has 84 valence electrons. The lowest BCUT2D eigenvalue weighted by Crippen LogP contribution is -2.34. The van der Waals surface area contributed by atoms with Crippen LogP contribution in [0, 0.1) is 0 Å². The lowest BCUT2D eigenvalue weighted by molar-refractivity contribution is 0.449. The topological polar surface area (TPSA) is 38.0 Å². The van der Waals surface area contributed by atoms with Gasteiger partial charge >= 0.3 is 0 Å². The van der Waals surface area contributed by atoms with Crippen LogP contribution in [0.4, 0.5) is 0 Å². The number of halogens is 1. The molecule has 0 bridgehead atoms. The SMILES string of the molecule is NCC(NC1CCCC1)c1cc(Cl)cs1. The first kappa shape index (κ1) is 11.4.